The van der Waals surface area contributed by atoms with E-state index in [-0.39, 0.29) is 12.1 Å². The molecule has 15 heavy (non-hydrogen) atoms. The lowest BCUT2D eigenvalue weighted by Gasteiger charge is -2.18. The minimum atomic E-state index is -0.361. The third-order valence-electron chi connectivity index (χ3n) is 1.91. The molecule has 0 aliphatic heterocycles. The van der Waals surface area contributed by atoms with E-state index < -0.39 is 0 Å². The summed E-state index contributed by atoms with van der Waals surface area (Å²) in [5, 5.41) is 2.77. The normalized spacial score (nSPS) is 13.0. The van der Waals surface area contributed by atoms with Gasteiger partial charge in [-0.15, -0.1) is 0 Å². The Hall–Kier alpha value is -0.770. The number of amides is 1. The van der Waals surface area contributed by atoms with Crippen molar-refractivity contribution < 1.29 is 9.53 Å². The van der Waals surface area contributed by atoms with Gasteiger partial charge in [0.2, 0.25) is 0 Å². The van der Waals surface area contributed by atoms with Crippen LogP contribution in [0.3, 0.4) is 0 Å². The van der Waals surface area contributed by atoms with Crippen LogP contribution in [0, 0.1) is 11.8 Å². The van der Waals surface area contributed by atoms with E-state index in [9.17, 15) is 4.79 Å². The van der Waals surface area contributed by atoms with Gasteiger partial charge in [0.25, 0.3) is 0 Å². The topological polar surface area (TPSA) is 64.3 Å². The van der Waals surface area contributed by atoms with Crippen LogP contribution in [0.4, 0.5) is 4.79 Å². The molecule has 1 amide bonds. The fourth-order valence-corrected chi connectivity index (χ4v) is 1.23. The van der Waals surface area contributed by atoms with Gasteiger partial charge < -0.3 is 15.8 Å². The second-order valence-electron chi connectivity index (χ2n) is 4.70. The average molecular weight is 216 g/mol. The average Bonchev–Trinajstić information content (AvgIpc) is 2.13. The Labute approximate surface area is 92.6 Å². The maximum absolute atomic E-state index is 11.3. The summed E-state index contributed by atoms with van der Waals surface area (Å²) in [7, 11) is 0. The SMILES string of the molecule is CC(C)COC(=O)NC(CN)CC(C)C. The maximum Gasteiger partial charge on any atom is 0.407 e. The molecule has 0 heterocycles. The van der Waals surface area contributed by atoms with E-state index >= 15 is 0 Å². The molecule has 0 fully saturated rings. The van der Waals surface area contributed by atoms with Crippen molar-refractivity contribution in [3.63, 3.8) is 0 Å². The van der Waals surface area contributed by atoms with Gasteiger partial charge in [-0.2, -0.15) is 0 Å². The van der Waals surface area contributed by atoms with Gasteiger partial charge in [0, 0.05) is 12.6 Å². The molecule has 0 spiro atoms. The number of carbonyl (C=O) groups excluding carboxylic acids is 1. The van der Waals surface area contributed by atoms with E-state index in [1.807, 2.05) is 13.8 Å². The molecule has 1 unspecified atom stereocenters. The van der Waals surface area contributed by atoms with Crippen molar-refractivity contribution in [2.24, 2.45) is 17.6 Å². The summed E-state index contributed by atoms with van der Waals surface area (Å²) in [6.45, 7) is 9.11. The lowest BCUT2D eigenvalue weighted by Crippen LogP contribution is -2.41. The summed E-state index contributed by atoms with van der Waals surface area (Å²) >= 11 is 0. The molecule has 0 saturated heterocycles. The standard InChI is InChI=1S/C11H24N2O2/c1-8(2)5-10(6-12)13-11(14)15-7-9(3)4/h8-10H,5-7,12H2,1-4H3,(H,13,14). The molecule has 0 aliphatic carbocycles. The zero-order valence-corrected chi connectivity index (χ0v) is 10.2. The molecular weight excluding hydrogens is 192 g/mol. The molecule has 4 heteroatoms. The second kappa shape index (κ2) is 7.51. The quantitative estimate of drug-likeness (QED) is 0.711. The number of hydrogen-bond acceptors (Lipinski definition) is 3. The van der Waals surface area contributed by atoms with E-state index in [1.165, 1.54) is 0 Å². The first-order valence-electron chi connectivity index (χ1n) is 5.59. The first kappa shape index (κ1) is 14.2. The number of nitrogens with one attached hydrogen (secondary N) is 1. The summed E-state index contributed by atoms with van der Waals surface area (Å²) in [5.74, 6) is 0.876. The number of carbonyl (C=O) groups is 1. The van der Waals surface area contributed by atoms with E-state index in [0.29, 0.717) is 25.0 Å². The third kappa shape index (κ3) is 8.24. The van der Waals surface area contributed by atoms with Gasteiger partial charge in [-0.05, 0) is 18.3 Å². The van der Waals surface area contributed by atoms with Crippen molar-refractivity contribution in [3.8, 4) is 0 Å². The molecule has 0 aromatic rings. The van der Waals surface area contributed by atoms with Crippen LogP contribution in [0.1, 0.15) is 34.1 Å². The van der Waals surface area contributed by atoms with Crippen molar-refractivity contribution in [1.82, 2.24) is 5.32 Å². The number of alkyl carbamates (subject to hydrolysis) is 1. The number of nitrogens with two attached hydrogens (primary N) is 1. The zero-order valence-electron chi connectivity index (χ0n) is 10.2. The monoisotopic (exact) mass is 216 g/mol. The summed E-state index contributed by atoms with van der Waals surface area (Å²) in [4.78, 5) is 11.3. The van der Waals surface area contributed by atoms with Crippen molar-refractivity contribution >= 4 is 6.09 Å². The fraction of sp³-hybridized carbons (Fsp3) is 0.909. The van der Waals surface area contributed by atoms with Crippen LogP contribution in [0.5, 0.6) is 0 Å². The molecule has 0 rings (SSSR count). The Bertz CT molecular complexity index is 181. The third-order valence-corrected chi connectivity index (χ3v) is 1.91. The molecule has 90 valence electrons. The highest BCUT2D eigenvalue weighted by atomic mass is 16.5. The number of rotatable bonds is 6. The van der Waals surface area contributed by atoms with Crippen LogP contribution in [0.15, 0.2) is 0 Å². The van der Waals surface area contributed by atoms with Crippen LogP contribution in [-0.4, -0.2) is 25.3 Å². The van der Waals surface area contributed by atoms with Gasteiger partial charge >= 0.3 is 6.09 Å². The Morgan fingerprint density at radius 3 is 2.27 bits per heavy atom. The van der Waals surface area contributed by atoms with Gasteiger partial charge in [0.15, 0.2) is 0 Å². The summed E-state index contributed by atoms with van der Waals surface area (Å²) in [6, 6.07) is 0.0182. The first-order chi connectivity index (χ1) is 6.95. The largest absolute Gasteiger partial charge is 0.449 e. The van der Waals surface area contributed by atoms with Gasteiger partial charge in [-0.1, -0.05) is 27.7 Å². The second-order valence-corrected chi connectivity index (χ2v) is 4.70. The van der Waals surface area contributed by atoms with E-state index in [1.54, 1.807) is 0 Å². The molecule has 4 nitrogen and oxygen atoms in total. The molecule has 0 aromatic heterocycles. The Kier molecular flexibility index (Phi) is 7.13. The molecule has 3 N–H and O–H groups in total. The van der Waals surface area contributed by atoms with Crippen LogP contribution in [0.25, 0.3) is 0 Å². The molecule has 1 atom stereocenters. The highest BCUT2D eigenvalue weighted by molar-refractivity contribution is 5.67. The van der Waals surface area contributed by atoms with E-state index in [4.69, 9.17) is 10.5 Å². The molecule has 0 aromatic carbocycles. The Morgan fingerprint density at radius 1 is 1.27 bits per heavy atom. The van der Waals surface area contributed by atoms with Crippen molar-refractivity contribution in [3.05, 3.63) is 0 Å². The predicted octanol–water partition coefficient (Wildman–Crippen LogP) is 1.74. The number of ether oxygens (including phenoxy) is 1. The lowest BCUT2D eigenvalue weighted by atomic mass is 10.0. The van der Waals surface area contributed by atoms with Gasteiger partial charge in [-0.25, -0.2) is 4.79 Å². The highest BCUT2D eigenvalue weighted by Gasteiger charge is 2.13. The van der Waals surface area contributed by atoms with Crippen LogP contribution in [-0.2, 0) is 4.74 Å². The molecule has 0 radical (unpaired) electrons. The molecule has 0 aliphatic rings. The highest BCUT2D eigenvalue weighted by Crippen LogP contribution is 2.04. The summed E-state index contributed by atoms with van der Waals surface area (Å²) < 4.78 is 5.01. The minimum Gasteiger partial charge on any atom is -0.449 e. The summed E-state index contributed by atoms with van der Waals surface area (Å²) in [6.07, 6.45) is 0.521. The van der Waals surface area contributed by atoms with Crippen molar-refractivity contribution in [2.75, 3.05) is 13.2 Å². The van der Waals surface area contributed by atoms with E-state index in [0.717, 1.165) is 6.42 Å². The minimum absolute atomic E-state index is 0.0182. The van der Waals surface area contributed by atoms with Crippen LogP contribution >= 0.6 is 0 Å². The first-order valence-corrected chi connectivity index (χ1v) is 5.59. The van der Waals surface area contributed by atoms with Gasteiger partial charge in [-0.3, -0.25) is 0 Å². The van der Waals surface area contributed by atoms with Crippen molar-refractivity contribution in [2.45, 2.75) is 40.2 Å². The van der Waals surface area contributed by atoms with E-state index in [2.05, 4.69) is 19.2 Å². The zero-order chi connectivity index (χ0) is 11.8. The summed E-state index contributed by atoms with van der Waals surface area (Å²) in [5.41, 5.74) is 5.56. The van der Waals surface area contributed by atoms with Gasteiger partial charge in [0.05, 0.1) is 6.61 Å². The lowest BCUT2D eigenvalue weighted by molar-refractivity contribution is 0.128. The molecule has 0 saturated carbocycles. The van der Waals surface area contributed by atoms with Crippen LogP contribution in [0.2, 0.25) is 0 Å². The Balaban J connectivity index is 3.80. The smallest absolute Gasteiger partial charge is 0.407 e. The molecule has 0 bridgehead atoms. The van der Waals surface area contributed by atoms with Gasteiger partial charge in [0.1, 0.15) is 0 Å². The van der Waals surface area contributed by atoms with Crippen LogP contribution < -0.4 is 11.1 Å². The fourth-order valence-electron chi connectivity index (χ4n) is 1.23. The van der Waals surface area contributed by atoms with Crippen molar-refractivity contribution in [1.29, 1.82) is 0 Å². The number of hydrogen-bond donors (Lipinski definition) is 2. The predicted molar refractivity (Wildman–Crippen MR) is 61.6 cm³/mol. The molecular formula is C11H24N2O2. The maximum atomic E-state index is 11.3. The Morgan fingerprint density at radius 2 is 1.87 bits per heavy atom.